The lowest BCUT2D eigenvalue weighted by molar-refractivity contribution is -0.126. The molecule has 0 spiro atoms. The van der Waals surface area contributed by atoms with Crippen LogP contribution in [0.4, 0.5) is 0 Å². The van der Waals surface area contributed by atoms with Gasteiger partial charge in [-0.05, 0) is 43.7 Å². The molecule has 1 aromatic carbocycles. The van der Waals surface area contributed by atoms with Gasteiger partial charge in [0.15, 0.2) is 0 Å². The Morgan fingerprint density at radius 3 is 2.67 bits per heavy atom. The third-order valence-electron chi connectivity index (χ3n) is 6.56. The number of halogens is 1. The van der Waals surface area contributed by atoms with Gasteiger partial charge in [-0.15, -0.1) is 0 Å². The van der Waals surface area contributed by atoms with Gasteiger partial charge in [0.2, 0.25) is 5.91 Å². The van der Waals surface area contributed by atoms with Crippen LogP contribution in [0.3, 0.4) is 0 Å². The van der Waals surface area contributed by atoms with E-state index in [0.717, 1.165) is 36.5 Å². The molecule has 1 fully saturated rings. The maximum atomic E-state index is 11.4. The first-order chi connectivity index (χ1) is 12.8. The van der Waals surface area contributed by atoms with Crippen molar-refractivity contribution in [3.63, 3.8) is 0 Å². The molecule has 4 rings (SSSR count). The van der Waals surface area contributed by atoms with Crippen LogP contribution in [-0.2, 0) is 23.8 Å². The fraction of sp³-hybridized carbons (Fsp3) is 0.524. The van der Waals surface area contributed by atoms with Crippen LogP contribution < -0.4 is 5.73 Å². The molecule has 27 heavy (non-hydrogen) atoms. The standard InChI is InChI=1S/C21H27ClN4O/c1-21(2)16-7-5-4-6-15(16)18(10-19-17(22)11-24-25(19)3)26(21)12-13-8-14(9-13)20(23)27/h4-7,11,13-14,18H,8-10,12H2,1-3H3,(H2,23,27). The van der Waals surface area contributed by atoms with Gasteiger partial charge in [0, 0.05) is 37.5 Å². The van der Waals surface area contributed by atoms with Gasteiger partial charge in [-0.1, -0.05) is 35.9 Å². The van der Waals surface area contributed by atoms with E-state index in [1.54, 1.807) is 6.20 Å². The average Bonchev–Trinajstić information content (AvgIpc) is 3.00. The highest BCUT2D eigenvalue weighted by atomic mass is 35.5. The Morgan fingerprint density at radius 2 is 2.04 bits per heavy atom. The number of hydrogen-bond donors (Lipinski definition) is 1. The zero-order valence-corrected chi connectivity index (χ0v) is 16.9. The number of carbonyl (C=O) groups is 1. The first-order valence-electron chi connectivity index (χ1n) is 9.61. The molecule has 1 aliphatic heterocycles. The summed E-state index contributed by atoms with van der Waals surface area (Å²) in [6, 6.07) is 8.95. The number of nitrogens with zero attached hydrogens (tertiary/aromatic N) is 3. The minimum Gasteiger partial charge on any atom is -0.369 e. The van der Waals surface area contributed by atoms with Crippen LogP contribution in [0.2, 0.25) is 5.02 Å². The molecule has 2 aromatic rings. The summed E-state index contributed by atoms with van der Waals surface area (Å²) >= 11 is 6.41. The lowest BCUT2D eigenvalue weighted by Gasteiger charge is -2.43. The van der Waals surface area contributed by atoms with Crippen molar-refractivity contribution in [3.8, 4) is 0 Å². The van der Waals surface area contributed by atoms with Crippen molar-refractivity contribution < 1.29 is 4.79 Å². The Morgan fingerprint density at radius 1 is 1.33 bits per heavy atom. The highest BCUT2D eigenvalue weighted by molar-refractivity contribution is 6.31. The molecule has 1 aromatic heterocycles. The van der Waals surface area contributed by atoms with Crippen LogP contribution in [0.1, 0.15) is 49.6 Å². The van der Waals surface area contributed by atoms with E-state index < -0.39 is 0 Å². The summed E-state index contributed by atoms with van der Waals surface area (Å²) in [6.45, 7) is 5.55. The predicted octanol–water partition coefficient (Wildman–Crippen LogP) is 3.42. The van der Waals surface area contributed by atoms with E-state index in [1.807, 2.05) is 11.7 Å². The van der Waals surface area contributed by atoms with Crippen molar-refractivity contribution in [1.82, 2.24) is 14.7 Å². The van der Waals surface area contributed by atoms with Gasteiger partial charge in [0.05, 0.1) is 16.9 Å². The maximum absolute atomic E-state index is 11.4. The van der Waals surface area contributed by atoms with Gasteiger partial charge < -0.3 is 5.73 Å². The van der Waals surface area contributed by atoms with Gasteiger partial charge in [-0.3, -0.25) is 14.4 Å². The lowest BCUT2D eigenvalue weighted by Crippen LogP contribution is -2.46. The summed E-state index contributed by atoms with van der Waals surface area (Å²) in [5.74, 6) is 0.405. The van der Waals surface area contributed by atoms with Crippen LogP contribution in [0, 0.1) is 11.8 Å². The Labute approximate surface area is 165 Å². The molecule has 5 nitrogen and oxygen atoms in total. The van der Waals surface area contributed by atoms with Crippen molar-refractivity contribution in [1.29, 1.82) is 0 Å². The number of aromatic nitrogens is 2. The molecule has 2 N–H and O–H groups in total. The van der Waals surface area contributed by atoms with E-state index in [4.69, 9.17) is 17.3 Å². The number of benzene rings is 1. The van der Waals surface area contributed by atoms with Crippen molar-refractivity contribution in [2.75, 3.05) is 6.54 Å². The lowest BCUT2D eigenvalue weighted by atomic mass is 9.74. The summed E-state index contributed by atoms with van der Waals surface area (Å²) in [5.41, 5.74) is 9.20. The summed E-state index contributed by atoms with van der Waals surface area (Å²) in [5, 5.41) is 5.03. The van der Waals surface area contributed by atoms with Crippen LogP contribution >= 0.6 is 11.6 Å². The number of aryl methyl sites for hydroxylation is 1. The fourth-order valence-electron chi connectivity index (χ4n) is 4.88. The van der Waals surface area contributed by atoms with Gasteiger partial charge in [-0.2, -0.15) is 5.10 Å². The zero-order valence-electron chi connectivity index (χ0n) is 16.2. The molecule has 0 saturated heterocycles. The quantitative estimate of drug-likeness (QED) is 0.856. The van der Waals surface area contributed by atoms with E-state index >= 15 is 0 Å². The Hall–Kier alpha value is -1.85. The summed E-state index contributed by atoms with van der Waals surface area (Å²) in [7, 11) is 1.95. The number of fused-ring (bicyclic) bond motifs is 1. The largest absolute Gasteiger partial charge is 0.369 e. The summed E-state index contributed by atoms with van der Waals surface area (Å²) in [4.78, 5) is 14.0. The van der Waals surface area contributed by atoms with Crippen LogP contribution in [-0.4, -0.2) is 27.1 Å². The molecule has 0 bridgehead atoms. The first kappa shape index (κ1) is 18.5. The number of primary amides is 1. The molecule has 0 radical (unpaired) electrons. The van der Waals surface area contributed by atoms with Crippen LogP contribution in [0.15, 0.2) is 30.5 Å². The molecular formula is C21H27ClN4O. The van der Waals surface area contributed by atoms with Crippen molar-refractivity contribution >= 4 is 17.5 Å². The third kappa shape index (κ3) is 3.07. The number of rotatable bonds is 5. The van der Waals surface area contributed by atoms with Gasteiger partial charge in [0.25, 0.3) is 0 Å². The molecule has 1 unspecified atom stereocenters. The molecule has 1 aliphatic carbocycles. The first-order valence-corrected chi connectivity index (χ1v) is 9.98. The second-order valence-corrected chi connectivity index (χ2v) is 8.93. The minimum atomic E-state index is -0.159. The van der Waals surface area contributed by atoms with E-state index in [9.17, 15) is 4.79 Å². The second kappa shape index (κ2) is 6.64. The fourth-order valence-corrected chi connectivity index (χ4v) is 5.12. The Balaban J connectivity index is 1.64. The van der Waals surface area contributed by atoms with Crippen molar-refractivity contribution in [3.05, 3.63) is 52.3 Å². The molecule has 1 atom stereocenters. The maximum Gasteiger partial charge on any atom is 0.220 e. The minimum absolute atomic E-state index is 0.0491. The molecule has 6 heteroatoms. The SMILES string of the molecule is Cn1ncc(Cl)c1CC1c2ccccc2C(C)(C)N1CC1CC(C(N)=O)C1. The Kier molecular flexibility index (Phi) is 4.55. The molecule has 2 aliphatic rings. The topological polar surface area (TPSA) is 64.2 Å². The van der Waals surface area contributed by atoms with Crippen molar-refractivity contribution in [2.24, 2.45) is 24.6 Å². The van der Waals surface area contributed by atoms with Gasteiger partial charge >= 0.3 is 0 Å². The second-order valence-electron chi connectivity index (χ2n) is 8.52. The van der Waals surface area contributed by atoms with E-state index in [-0.39, 0.29) is 23.4 Å². The smallest absolute Gasteiger partial charge is 0.220 e. The highest BCUT2D eigenvalue weighted by Crippen LogP contribution is 2.49. The Bertz CT molecular complexity index is 849. The number of hydrogen-bond acceptors (Lipinski definition) is 3. The number of nitrogens with two attached hydrogens (primary N) is 1. The molecule has 144 valence electrons. The molecule has 1 saturated carbocycles. The van der Waals surface area contributed by atoms with Crippen LogP contribution in [0.25, 0.3) is 0 Å². The zero-order chi connectivity index (χ0) is 19.3. The normalized spacial score (nSPS) is 26.6. The van der Waals surface area contributed by atoms with E-state index in [1.165, 1.54) is 11.1 Å². The van der Waals surface area contributed by atoms with Crippen molar-refractivity contribution in [2.45, 2.75) is 44.7 Å². The summed E-state index contributed by atoms with van der Waals surface area (Å²) in [6.07, 6.45) is 4.34. The molecular weight excluding hydrogens is 360 g/mol. The average molecular weight is 387 g/mol. The predicted molar refractivity (Wildman–Crippen MR) is 106 cm³/mol. The van der Waals surface area contributed by atoms with E-state index in [0.29, 0.717) is 5.92 Å². The van der Waals surface area contributed by atoms with E-state index in [2.05, 4.69) is 48.1 Å². The molecule has 2 heterocycles. The monoisotopic (exact) mass is 386 g/mol. The highest BCUT2D eigenvalue weighted by Gasteiger charge is 2.46. The third-order valence-corrected chi connectivity index (χ3v) is 6.88. The number of carbonyl (C=O) groups excluding carboxylic acids is 1. The summed E-state index contributed by atoms with van der Waals surface area (Å²) < 4.78 is 1.88. The van der Waals surface area contributed by atoms with Crippen LogP contribution in [0.5, 0.6) is 0 Å². The molecule has 1 amide bonds. The number of amides is 1. The van der Waals surface area contributed by atoms with Gasteiger partial charge in [0.1, 0.15) is 0 Å². The van der Waals surface area contributed by atoms with Gasteiger partial charge in [-0.25, -0.2) is 0 Å².